The van der Waals surface area contributed by atoms with Gasteiger partial charge in [-0.25, -0.2) is 0 Å². The zero-order chi connectivity index (χ0) is 63.3. The van der Waals surface area contributed by atoms with Crippen molar-refractivity contribution in [2.24, 2.45) is 5.73 Å². The number of aromatic hydroxyl groups is 1. The number of phenols is 1. The van der Waals surface area contributed by atoms with Gasteiger partial charge in [0.1, 0.15) is 54.3 Å². The number of carboxylic acids is 6. The van der Waals surface area contributed by atoms with E-state index in [4.69, 9.17) is 10.8 Å². The molecule has 0 aliphatic heterocycles. The molecule has 0 aliphatic rings. The fraction of sp³-hybridized carbons (Fsp3) is 0.389. The van der Waals surface area contributed by atoms with Gasteiger partial charge in [0, 0.05) is 38.5 Å². The van der Waals surface area contributed by atoms with E-state index in [1.54, 1.807) is 36.4 Å². The molecule has 0 aliphatic carbocycles. The van der Waals surface area contributed by atoms with Crippen LogP contribution in [-0.2, 0) is 91.2 Å². The first-order chi connectivity index (χ1) is 40.1. The van der Waals surface area contributed by atoms with Crippen molar-refractivity contribution in [1.82, 2.24) is 42.5 Å². The summed E-state index contributed by atoms with van der Waals surface area (Å²) in [7, 11) is 0. The van der Waals surface area contributed by atoms with Gasteiger partial charge in [-0.1, -0.05) is 72.8 Å². The zero-order valence-corrected chi connectivity index (χ0v) is 45.2. The van der Waals surface area contributed by atoms with E-state index in [0.717, 1.165) is 0 Å². The van der Waals surface area contributed by atoms with E-state index in [-0.39, 0.29) is 24.0 Å². The maximum absolute atomic E-state index is 14.4. The molecule has 3 rings (SSSR count). The molecule has 0 fully saturated rings. The highest BCUT2D eigenvalue weighted by molar-refractivity contribution is 5.99. The Kier molecular flexibility index (Phi) is 28.3. The summed E-state index contributed by atoms with van der Waals surface area (Å²) in [5, 5.41) is 84.9. The second kappa shape index (κ2) is 34.8. The molecule has 9 atom stereocenters. The molecule has 85 heavy (non-hydrogen) atoms. The Labute approximate surface area is 482 Å². The summed E-state index contributed by atoms with van der Waals surface area (Å²) in [4.78, 5) is 193. The van der Waals surface area contributed by atoms with Crippen LogP contribution >= 0.6 is 0 Å². The third-order valence-corrected chi connectivity index (χ3v) is 12.3. The van der Waals surface area contributed by atoms with Gasteiger partial charge in [-0.3, -0.25) is 67.1 Å². The van der Waals surface area contributed by atoms with Gasteiger partial charge in [0.15, 0.2) is 0 Å². The Balaban J connectivity index is 2.01. The number of rotatable bonds is 38. The normalized spacial score (nSPS) is 13.9. The van der Waals surface area contributed by atoms with E-state index in [0.29, 0.717) is 11.1 Å². The van der Waals surface area contributed by atoms with E-state index in [2.05, 4.69) is 42.5 Å². The van der Waals surface area contributed by atoms with Crippen LogP contribution in [0.4, 0.5) is 0 Å². The summed E-state index contributed by atoms with van der Waals surface area (Å²) in [5.41, 5.74) is 6.73. The number of aliphatic carboxylic acids is 6. The topological polar surface area (TPSA) is 520 Å². The molecular formula is C54H65N9O22. The predicted molar refractivity (Wildman–Crippen MR) is 289 cm³/mol. The summed E-state index contributed by atoms with van der Waals surface area (Å²) >= 11 is 0. The van der Waals surface area contributed by atoms with Gasteiger partial charge >= 0.3 is 35.8 Å². The summed E-state index contributed by atoms with van der Waals surface area (Å²) in [5.74, 6) is -19.4. The van der Waals surface area contributed by atoms with Crippen LogP contribution in [0.5, 0.6) is 5.75 Å². The van der Waals surface area contributed by atoms with Crippen LogP contribution in [0, 0.1) is 0 Å². The van der Waals surface area contributed by atoms with E-state index in [1.165, 1.54) is 48.5 Å². The Morgan fingerprint density at radius 3 is 1.00 bits per heavy atom. The maximum Gasteiger partial charge on any atom is 0.305 e. The minimum absolute atomic E-state index is 0.145. The van der Waals surface area contributed by atoms with Crippen molar-refractivity contribution >= 4 is 89.4 Å². The molecule has 0 saturated carbocycles. The number of carbonyl (C=O) groups is 15. The third-order valence-electron chi connectivity index (χ3n) is 12.3. The monoisotopic (exact) mass is 1190 g/mol. The van der Waals surface area contributed by atoms with Gasteiger partial charge in [-0.05, 0) is 48.1 Å². The average molecular weight is 1190 g/mol. The van der Waals surface area contributed by atoms with Gasteiger partial charge in [0.05, 0.1) is 31.3 Å². The standard InChI is InChI=1S/C54H65N9O22/c55-33(15-18-41(66)67)47(78)59-39(25-45(74)75)53(84)61-37(22-29-9-5-2-6-10-29)51(82)58-35(17-20-43(70)71)49(80)63-40(26-46(76)77)54(85)62-38(23-30-11-13-32(65)14-12-30)52(83)57-34(16-19-42(68)69)48(79)60-36(21-28-7-3-1-4-8-28)50(81)56-31(27-64)24-44(72)73/h1-14,27,31,33-40,65H,15-26,55H2,(H,56,81)(H,57,83)(H,58,82)(H,59,78)(H,60,79)(H,61,84)(H,62,85)(H,63,80)(H,66,67)(H,68,69)(H,70,71)(H,72,73)(H,74,75)(H,76,77)/t31-,33-,34-,35-,36-,37-,38-,39-,40-/m0/s1. The van der Waals surface area contributed by atoms with E-state index < -0.39 is 208 Å². The number of amides is 8. The highest BCUT2D eigenvalue weighted by atomic mass is 16.4. The number of carbonyl (C=O) groups excluding carboxylic acids is 9. The van der Waals surface area contributed by atoms with Gasteiger partial charge in [0.25, 0.3) is 0 Å². The first-order valence-corrected chi connectivity index (χ1v) is 25.9. The van der Waals surface area contributed by atoms with Crippen molar-refractivity contribution < 1.29 is 108 Å². The molecule has 0 unspecified atom stereocenters. The van der Waals surface area contributed by atoms with E-state index >= 15 is 0 Å². The van der Waals surface area contributed by atoms with Crippen molar-refractivity contribution in [2.45, 2.75) is 131 Å². The van der Waals surface area contributed by atoms with Crippen LogP contribution < -0.4 is 48.3 Å². The molecule has 31 nitrogen and oxygen atoms in total. The Bertz CT molecular complexity index is 2890. The van der Waals surface area contributed by atoms with Gasteiger partial charge in [-0.15, -0.1) is 0 Å². The molecule has 0 aromatic heterocycles. The van der Waals surface area contributed by atoms with Crippen molar-refractivity contribution in [3.63, 3.8) is 0 Å². The van der Waals surface area contributed by atoms with Crippen LogP contribution in [0.25, 0.3) is 0 Å². The molecular weight excluding hydrogens is 1130 g/mol. The maximum atomic E-state index is 14.4. The molecule has 3 aromatic rings. The smallest absolute Gasteiger partial charge is 0.305 e. The quantitative estimate of drug-likeness (QED) is 0.0252. The van der Waals surface area contributed by atoms with Gasteiger partial charge < -0.3 is 88.8 Å². The number of hydrogen-bond donors (Lipinski definition) is 16. The summed E-state index contributed by atoms with van der Waals surface area (Å²) < 4.78 is 0. The SMILES string of the molecule is N[C@@H](CCC(=O)O)C(=O)N[C@@H](CC(=O)O)C(=O)N[C@@H](Cc1ccccc1)C(=O)N[C@@H](CCC(=O)O)C(=O)N[C@@H](CC(=O)O)C(=O)N[C@@H](Cc1ccc(O)cc1)C(=O)N[C@@H](CCC(=O)O)C(=O)N[C@@H](Cc1ccccc1)C(=O)N[C@H](C=O)CC(=O)O. The first-order valence-electron chi connectivity index (χ1n) is 25.9. The van der Waals surface area contributed by atoms with Crippen LogP contribution in [0.1, 0.15) is 74.5 Å². The molecule has 3 aromatic carbocycles. The summed E-state index contributed by atoms with van der Waals surface area (Å²) in [6, 6.07) is 4.25. The molecule has 0 heterocycles. The van der Waals surface area contributed by atoms with Crippen LogP contribution in [-0.4, -0.2) is 179 Å². The van der Waals surface area contributed by atoms with Crippen molar-refractivity contribution in [3.8, 4) is 5.75 Å². The Morgan fingerprint density at radius 1 is 0.353 bits per heavy atom. The Hall–Kier alpha value is -10.3. The van der Waals surface area contributed by atoms with Crippen molar-refractivity contribution in [1.29, 1.82) is 0 Å². The second-order valence-corrected chi connectivity index (χ2v) is 19.1. The molecule has 0 radical (unpaired) electrons. The third kappa shape index (κ3) is 26.0. The number of nitrogens with two attached hydrogens (primary N) is 1. The van der Waals surface area contributed by atoms with Gasteiger partial charge in [0.2, 0.25) is 47.3 Å². The fourth-order valence-electron chi connectivity index (χ4n) is 7.96. The number of hydrogen-bond acceptors (Lipinski definition) is 17. The predicted octanol–water partition coefficient (Wildman–Crippen LogP) is -3.16. The Morgan fingerprint density at radius 2 is 0.647 bits per heavy atom. The van der Waals surface area contributed by atoms with Crippen molar-refractivity contribution in [3.05, 3.63) is 102 Å². The minimum atomic E-state index is -2.19. The lowest BCUT2D eigenvalue weighted by Gasteiger charge is -2.28. The highest BCUT2D eigenvalue weighted by Gasteiger charge is 2.36. The average Bonchev–Trinajstić information content (AvgIpc) is 3.51. The first kappa shape index (κ1) is 68.9. The lowest BCUT2D eigenvalue weighted by Crippen LogP contribution is -2.61. The minimum Gasteiger partial charge on any atom is -0.508 e. The number of benzene rings is 3. The molecule has 458 valence electrons. The van der Waals surface area contributed by atoms with Crippen LogP contribution in [0.3, 0.4) is 0 Å². The largest absolute Gasteiger partial charge is 0.508 e. The fourth-order valence-corrected chi connectivity index (χ4v) is 7.96. The number of aldehydes is 1. The zero-order valence-electron chi connectivity index (χ0n) is 45.2. The molecule has 0 saturated heterocycles. The van der Waals surface area contributed by atoms with E-state index in [1.807, 2.05) is 0 Å². The number of carboxylic acid groups (broad SMARTS) is 6. The van der Waals surface area contributed by atoms with E-state index in [9.17, 15) is 103 Å². The van der Waals surface area contributed by atoms with Crippen molar-refractivity contribution in [2.75, 3.05) is 0 Å². The second-order valence-electron chi connectivity index (χ2n) is 19.1. The molecule has 8 amide bonds. The summed E-state index contributed by atoms with van der Waals surface area (Å²) in [6.45, 7) is 0. The van der Waals surface area contributed by atoms with Gasteiger partial charge in [-0.2, -0.15) is 0 Å². The highest BCUT2D eigenvalue weighted by Crippen LogP contribution is 2.14. The lowest BCUT2D eigenvalue weighted by molar-refractivity contribution is -0.142. The van der Waals surface area contributed by atoms with Crippen LogP contribution in [0.15, 0.2) is 84.9 Å². The van der Waals surface area contributed by atoms with Crippen LogP contribution in [0.2, 0.25) is 0 Å². The number of nitrogens with one attached hydrogen (secondary N) is 8. The molecule has 0 bridgehead atoms. The number of phenolic OH excluding ortho intramolecular Hbond substituents is 1. The lowest BCUT2D eigenvalue weighted by atomic mass is 10.0. The molecule has 17 N–H and O–H groups in total. The molecule has 0 spiro atoms. The summed E-state index contributed by atoms with van der Waals surface area (Å²) in [6.07, 6.45) is -8.39. The molecule has 31 heteroatoms.